The summed E-state index contributed by atoms with van der Waals surface area (Å²) in [6.07, 6.45) is 0.268. The molecule has 8 heteroatoms. The maximum atomic E-state index is 12.2. The number of hydrogen-bond acceptors (Lipinski definition) is 5. The number of carbonyl (C=O) groups excluding carboxylic acids is 1. The van der Waals surface area contributed by atoms with Gasteiger partial charge in [-0.25, -0.2) is 4.98 Å². The number of amides is 1. The van der Waals surface area contributed by atoms with Crippen LogP contribution in [0.1, 0.15) is 59.4 Å². The Morgan fingerprint density at radius 2 is 1.89 bits per heavy atom. The zero-order chi connectivity index (χ0) is 21.2. The Hall–Kier alpha value is -0.473. The molecular formula is C19H35ClN2O3SSi. The van der Waals surface area contributed by atoms with Gasteiger partial charge in [-0.3, -0.25) is 4.79 Å². The van der Waals surface area contributed by atoms with Crippen LogP contribution < -0.4 is 5.32 Å². The molecule has 5 nitrogen and oxygen atoms in total. The number of alkyl halides is 1. The lowest BCUT2D eigenvalue weighted by Gasteiger charge is -2.44. The highest BCUT2D eigenvalue weighted by Gasteiger charge is 2.46. The minimum atomic E-state index is -2.20. The smallest absolute Gasteiger partial charge is 0.231 e. The molecule has 0 aromatic carbocycles. The average Bonchev–Trinajstić information content (AvgIpc) is 2.98. The fourth-order valence-corrected chi connectivity index (χ4v) is 6.09. The van der Waals surface area contributed by atoms with Crippen molar-refractivity contribution in [2.45, 2.75) is 78.8 Å². The molecule has 0 fully saturated rings. The molecule has 0 unspecified atom stereocenters. The summed E-state index contributed by atoms with van der Waals surface area (Å²) in [7, 11) is -2.20. The second-order valence-electron chi connectivity index (χ2n) is 9.42. The number of aromatic nitrogens is 1. The third kappa shape index (κ3) is 6.00. The Morgan fingerprint density at radius 1 is 1.33 bits per heavy atom. The predicted molar refractivity (Wildman–Crippen MR) is 117 cm³/mol. The molecule has 156 valence electrons. The zero-order valence-electron chi connectivity index (χ0n) is 18.0. The van der Waals surface area contributed by atoms with Crippen LogP contribution in [0.2, 0.25) is 18.1 Å². The second kappa shape index (κ2) is 8.90. The van der Waals surface area contributed by atoms with Gasteiger partial charge in [0.2, 0.25) is 5.91 Å². The number of nitrogens with one attached hydrogen (secondary N) is 1. The van der Waals surface area contributed by atoms with Gasteiger partial charge in [0.1, 0.15) is 6.10 Å². The van der Waals surface area contributed by atoms with Crippen LogP contribution in [0.4, 0.5) is 5.13 Å². The summed E-state index contributed by atoms with van der Waals surface area (Å²) in [5.74, 6) is 0.407. The summed E-state index contributed by atoms with van der Waals surface area (Å²) in [6, 6.07) is 0. The van der Waals surface area contributed by atoms with E-state index in [0.717, 1.165) is 4.88 Å². The Balaban J connectivity index is 3.11. The third-order valence-corrected chi connectivity index (χ3v) is 11.4. The molecule has 2 N–H and O–H groups in total. The first-order chi connectivity index (χ1) is 12.1. The molecule has 0 aliphatic heterocycles. The molecular weight excluding hydrogens is 400 g/mol. The van der Waals surface area contributed by atoms with E-state index in [4.69, 9.17) is 16.0 Å². The van der Waals surface area contributed by atoms with Crippen LogP contribution in [0.15, 0.2) is 6.20 Å². The van der Waals surface area contributed by atoms with Gasteiger partial charge in [-0.1, -0.05) is 59.8 Å². The quantitative estimate of drug-likeness (QED) is 0.422. The van der Waals surface area contributed by atoms with Gasteiger partial charge in [-0.05, 0) is 24.1 Å². The minimum Gasteiger partial charge on any atom is -0.406 e. The van der Waals surface area contributed by atoms with Crippen LogP contribution in [0, 0.1) is 11.3 Å². The van der Waals surface area contributed by atoms with E-state index in [2.05, 4.69) is 51.1 Å². The van der Waals surface area contributed by atoms with Gasteiger partial charge in [0, 0.05) is 11.6 Å². The van der Waals surface area contributed by atoms with E-state index in [1.807, 2.05) is 20.8 Å². The highest BCUT2D eigenvalue weighted by Crippen LogP contribution is 2.47. The van der Waals surface area contributed by atoms with E-state index in [9.17, 15) is 9.90 Å². The maximum absolute atomic E-state index is 12.2. The number of anilines is 1. The van der Waals surface area contributed by atoms with Crippen LogP contribution in [0.3, 0.4) is 0 Å². The van der Waals surface area contributed by atoms with Crippen molar-refractivity contribution in [1.29, 1.82) is 0 Å². The topological polar surface area (TPSA) is 71.5 Å². The highest BCUT2D eigenvalue weighted by molar-refractivity contribution is 7.15. The van der Waals surface area contributed by atoms with E-state index >= 15 is 0 Å². The second-order valence-corrected chi connectivity index (χ2v) is 15.3. The molecule has 0 aliphatic carbocycles. The number of aliphatic hydroxyl groups is 1. The Morgan fingerprint density at radius 3 is 2.33 bits per heavy atom. The van der Waals surface area contributed by atoms with Crippen molar-refractivity contribution in [3.8, 4) is 0 Å². The summed E-state index contributed by atoms with van der Waals surface area (Å²) in [6.45, 7) is 18.7. The van der Waals surface area contributed by atoms with E-state index in [-0.39, 0.29) is 16.8 Å². The fraction of sp³-hybridized carbons (Fsp3) is 0.789. The van der Waals surface area contributed by atoms with Crippen molar-refractivity contribution in [3.05, 3.63) is 11.1 Å². The van der Waals surface area contributed by atoms with Crippen molar-refractivity contribution in [3.63, 3.8) is 0 Å². The van der Waals surface area contributed by atoms with Crippen LogP contribution in [-0.4, -0.2) is 36.3 Å². The van der Waals surface area contributed by atoms with Gasteiger partial charge in [-0.2, -0.15) is 0 Å². The molecule has 1 heterocycles. The first-order valence-electron chi connectivity index (χ1n) is 9.32. The molecule has 1 rings (SSSR count). The van der Waals surface area contributed by atoms with Crippen molar-refractivity contribution in [2.75, 3.05) is 11.2 Å². The number of rotatable bonds is 8. The van der Waals surface area contributed by atoms with Crippen LogP contribution in [-0.2, 0) is 9.22 Å². The SMILES string of the molecule is CC(C)C(C)(C)[Si](C)(C)O[C@@H](c1cnc(NC(=O)C(C)(C)C)s1)[C@H](O)CCl. The Bertz CT molecular complexity index is 641. The molecule has 1 amide bonds. The van der Waals surface area contributed by atoms with Crippen LogP contribution in [0.25, 0.3) is 0 Å². The van der Waals surface area contributed by atoms with E-state index in [1.54, 1.807) is 6.20 Å². The molecule has 27 heavy (non-hydrogen) atoms. The van der Waals surface area contributed by atoms with E-state index < -0.39 is 25.9 Å². The number of halogens is 1. The van der Waals surface area contributed by atoms with Crippen molar-refractivity contribution < 1.29 is 14.3 Å². The number of carbonyl (C=O) groups is 1. The molecule has 0 radical (unpaired) electrons. The average molecular weight is 435 g/mol. The number of nitrogens with zero attached hydrogens (tertiary/aromatic N) is 1. The van der Waals surface area contributed by atoms with Gasteiger partial charge in [-0.15, -0.1) is 11.6 Å². The normalized spacial score (nSPS) is 15.7. The zero-order valence-corrected chi connectivity index (χ0v) is 20.6. The van der Waals surface area contributed by atoms with Gasteiger partial charge >= 0.3 is 0 Å². The van der Waals surface area contributed by atoms with Crippen molar-refractivity contribution >= 4 is 42.3 Å². The minimum absolute atomic E-state index is 0.00521. The molecule has 0 bridgehead atoms. The predicted octanol–water partition coefficient (Wildman–Crippen LogP) is 5.43. The van der Waals surface area contributed by atoms with Crippen molar-refractivity contribution in [1.82, 2.24) is 4.98 Å². The van der Waals surface area contributed by atoms with E-state index in [0.29, 0.717) is 11.0 Å². The lowest BCUT2D eigenvalue weighted by atomic mass is 9.96. The Kier molecular flexibility index (Phi) is 8.10. The lowest BCUT2D eigenvalue weighted by Crippen LogP contribution is -2.47. The summed E-state index contributed by atoms with van der Waals surface area (Å²) in [5, 5.41) is 13.9. The summed E-state index contributed by atoms with van der Waals surface area (Å²) < 4.78 is 6.55. The number of aliphatic hydroxyl groups excluding tert-OH is 1. The van der Waals surface area contributed by atoms with Gasteiger partial charge in [0.25, 0.3) is 0 Å². The summed E-state index contributed by atoms with van der Waals surface area (Å²) >= 11 is 7.28. The first-order valence-corrected chi connectivity index (χ1v) is 13.6. The van der Waals surface area contributed by atoms with Gasteiger partial charge in [0.05, 0.1) is 16.9 Å². The van der Waals surface area contributed by atoms with Crippen LogP contribution >= 0.6 is 22.9 Å². The molecule has 1 aromatic heterocycles. The van der Waals surface area contributed by atoms with Gasteiger partial charge < -0.3 is 14.8 Å². The maximum Gasteiger partial charge on any atom is 0.231 e. The number of hydrogen-bond donors (Lipinski definition) is 2. The van der Waals surface area contributed by atoms with Crippen molar-refractivity contribution in [2.24, 2.45) is 11.3 Å². The third-order valence-electron chi connectivity index (χ3n) is 5.63. The van der Waals surface area contributed by atoms with E-state index in [1.165, 1.54) is 11.3 Å². The first kappa shape index (κ1) is 24.6. The standard InChI is InChI=1S/C19H35ClN2O3SSi/c1-12(2)19(6,7)27(8,9)25-15(13(23)10-20)14-11-21-17(26-14)22-16(24)18(3,4)5/h11-13,15,23H,10H2,1-9H3,(H,21,22,24)/t13-,15-/m1/s1. The Labute approximate surface area is 174 Å². The molecule has 2 atom stereocenters. The largest absolute Gasteiger partial charge is 0.406 e. The highest BCUT2D eigenvalue weighted by atomic mass is 35.5. The molecule has 0 saturated carbocycles. The lowest BCUT2D eigenvalue weighted by molar-refractivity contribution is -0.123. The van der Waals surface area contributed by atoms with Crippen LogP contribution in [0.5, 0.6) is 0 Å². The fourth-order valence-electron chi connectivity index (χ4n) is 2.33. The molecule has 0 saturated heterocycles. The monoisotopic (exact) mass is 434 g/mol. The molecule has 0 aliphatic rings. The number of thiazole rings is 1. The summed E-state index contributed by atoms with van der Waals surface area (Å²) in [5.41, 5.74) is -0.506. The molecule has 1 aromatic rings. The van der Waals surface area contributed by atoms with Gasteiger partial charge in [0.15, 0.2) is 13.4 Å². The molecule has 0 spiro atoms. The summed E-state index contributed by atoms with van der Waals surface area (Å²) in [4.78, 5) is 17.3.